The molecule has 2 rings (SSSR count). The number of rotatable bonds is 5. The van der Waals surface area contributed by atoms with Crippen LogP contribution in [0.3, 0.4) is 0 Å². The number of carbonyl (C=O) groups excluding carboxylic acids is 1. The summed E-state index contributed by atoms with van der Waals surface area (Å²) in [6.45, 7) is 2.16. The van der Waals surface area contributed by atoms with Gasteiger partial charge in [0, 0.05) is 5.92 Å². The lowest BCUT2D eigenvalue weighted by atomic mass is 10.0. The first-order valence-electron chi connectivity index (χ1n) is 6.64. The monoisotopic (exact) mass is 284 g/mol. The van der Waals surface area contributed by atoms with Crippen molar-refractivity contribution in [3.63, 3.8) is 0 Å². The molecule has 0 aliphatic rings. The van der Waals surface area contributed by atoms with Crippen molar-refractivity contribution >= 4 is 11.9 Å². The quantitative estimate of drug-likeness (QED) is 0.855. The Morgan fingerprint density at radius 3 is 2.19 bits per heavy atom. The SMILES string of the molecule is C[C@@H](COC(=O)c1ccccc1C(=O)O)c1ccccc1. The molecule has 108 valence electrons. The van der Waals surface area contributed by atoms with E-state index in [1.807, 2.05) is 37.3 Å². The van der Waals surface area contributed by atoms with Gasteiger partial charge in [0.15, 0.2) is 0 Å². The number of carboxylic acid groups (broad SMARTS) is 1. The molecule has 0 unspecified atom stereocenters. The second-order valence-corrected chi connectivity index (χ2v) is 4.76. The summed E-state index contributed by atoms with van der Waals surface area (Å²) in [5.74, 6) is -1.71. The van der Waals surface area contributed by atoms with Crippen LogP contribution in [0.4, 0.5) is 0 Å². The van der Waals surface area contributed by atoms with Gasteiger partial charge in [-0.2, -0.15) is 0 Å². The van der Waals surface area contributed by atoms with E-state index in [1.54, 1.807) is 12.1 Å². The average molecular weight is 284 g/mol. The molecule has 4 heteroatoms. The molecule has 0 fully saturated rings. The Kier molecular flexibility index (Phi) is 4.72. The van der Waals surface area contributed by atoms with Crippen LogP contribution in [0.2, 0.25) is 0 Å². The van der Waals surface area contributed by atoms with Gasteiger partial charge in [-0.15, -0.1) is 0 Å². The molecule has 0 radical (unpaired) electrons. The fraction of sp³-hybridized carbons (Fsp3) is 0.176. The molecule has 0 aliphatic carbocycles. The molecule has 0 bridgehead atoms. The molecule has 0 spiro atoms. The normalized spacial score (nSPS) is 11.7. The number of esters is 1. The van der Waals surface area contributed by atoms with Crippen molar-refractivity contribution < 1.29 is 19.4 Å². The van der Waals surface area contributed by atoms with Crippen LogP contribution in [0, 0.1) is 0 Å². The molecule has 0 aliphatic heterocycles. The minimum atomic E-state index is -1.14. The van der Waals surface area contributed by atoms with Gasteiger partial charge >= 0.3 is 11.9 Å². The summed E-state index contributed by atoms with van der Waals surface area (Å²) < 4.78 is 5.23. The third-order valence-corrected chi connectivity index (χ3v) is 3.21. The maximum atomic E-state index is 12.0. The third-order valence-electron chi connectivity index (χ3n) is 3.21. The van der Waals surface area contributed by atoms with Gasteiger partial charge in [0.2, 0.25) is 0 Å². The van der Waals surface area contributed by atoms with E-state index in [1.165, 1.54) is 12.1 Å². The van der Waals surface area contributed by atoms with Gasteiger partial charge in [-0.05, 0) is 17.7 Å². The van der Waals surface area contributed by atoms with Crippen molar-refractivity contribution in [1.29, 1.82) is 0 Å². The lowest BCUT2D eigenvalue weighted by molar-refractivity contribution is 0.0475. The molecule has 1 atom stereocenters. The van der Waals surface area contributed by atoms with E-state index in [4.69, 9.17) is 9.84 Å². The van der Waals surface area contributed by atoms with Crippen LogP contribution < -0.4 is 0 Å². The van der Waals surface area contributed by atoms with E-state index in [-0.39, 0.29) is 23.7 Å². The molecule has 2 aromatic rings. The van der Waals surface area contributed by atoms with E-state index in [2.05, 4.69) is 0 Å². The van der Waals surface area contributed by atoms with Gasteiger partial charge in [-0.3, -0.25) is 0 Å². The predicted molar refractivity (Wildman–Crippen MR) is 78.5 cm³/mol. The molecule has 0 saturated heterocycles. The molecule has 4 nitrogen and oxygen atoms in total. The highest BCUT2D eigenvalue weighted by Gasteiger charge is 2.18. The first kappa shape index (κ1) is 14.8. The van der Waals surface area contributed by atoms with Gasteiger partial charge in [0.1, 0.15) is 0 Å². The average Bonchev–Trinajstić information content (AvgIpc) is 2.53. The van der Waals surface area contributed by atoms with Crippen LogP contribution in [-0.4, -0.2) is 23.7 Å². The molecule has 0 heterocycles. The van der Waals surface area contributed by atoms with Crippen molar-refractivity contribution in [1.82, 2.24) is 0 Å². The summed E-state index contributed by atoms with van der Waals surface area (Å²) >= 11 is 0. The number of aromatic carboxylic acids is 1. The minimum Gasteiger partial charge on any atom is -0.478 e. The van der Waals surface area contributed by atoms with Crippen LogP contribution in [0.15, 0.2) is 54.6 Å². The van der Waals surface area contributed by atoms with Gasteiger partial charge in [-0.25, -0.2) is 9.59 Å². The summed E-state index contributed by atoms with van der Waals surface area (Å²) in [5.41, 5.74) is 1.09. The Morgan fingerprint density at radius 1 is 1.00 bits per heavy atom. The maximum absolute atomic E-state index is 12.0. The number of ether oxygens (including phenoxy) is 1. The second kappa shape index (κ2) is 6.70. The van der Waals surface area contributed by atoms with Crippen molar-refractivity contribution in [2.24, 2.45) is 0 Å². The fourth-order valence-corrected chi connectivity index (χ4v) is 2.00. The summed E-state index contributed by atoms with van der Waals surface area (Å²) in [6.07, 6.45) is 0. The predicted octanol–water partition coefficient (Wildman–Crippen LogP) is 3.35. The number of hydrogen-bond donors (Lipinski definition) is 1. The third kappa shape index (κ3) is 3.69. The van der Waals surface area contributed by atoms with Gasteiger partial charge in [0.05, 0.1) is 17.7 Å². The van der Waals surface area contributed by atoms with Crippen LogP contribution in [0.25, 0.3) is 0 Å². The van der Waals surface area contributed by atoms with Gasteiger partial charge in [-0.1, -0.05) is 49.4 Å². The fourth-order valence-electron chi connectivity index (χ4n) is 2.00. The topological polar surface area (TPSA) is 63.6 Å². The van der Waals surface area contributed by atoms with Crippen molar-refractivity contribution in [2.45, 2.75) is 12.8 Å². The van der Waals surface area contributed by atoms with Crippen LogP contribution in [0.5, 0.6) is 0 Å². The first-order chi connectivity index (χ1) is 10.1. The summed E-state index contributed by atoms with van der Waals surface area (Å²) in [6, 6.07) is 15.7. The molecule has 1 N–H and O–H groups in total. The van der Waals surface area contributed by atoms with Crippen LogP contribution >= 0.6 is 0 Å². The zero-order valence-electron chi connectivity index (χ0n) is 11.7. The van der Waals surface area contributed by atoms with E-state index in [0.717, 1.165) is 5.56 Å². The Hall–Kier alpha value is -2.62. The molecular weight excluding hydrogens is 268 g/mol. The van der Waals surface area contributed by atoms with Gasteiger partial charge < -0.3 is 9.84 Å². The second-order valence-electron chi connectivity index (χ2n) is 4.76. The molecule has 21 heavy (non-hydrogen) atoms. The lowest BCUT2D eigenvalue weighted by Crippen LogP contribution is -2.14. The van der Waals surface area contributed by atoms with Crippen molar-refractivity contribution in [3.05, 3.63) is 71.3 Å². The number of carbonyl (C=O) groups is 2. The standard InChI is InChI=1S/C17H16O4/c1-12(13-7-3-2-4-8-13)11-21-17(20)15-10-6-5-9-14(15)16(18)19/h2-10,12H,11H2,1H3,(H,18,19)/t12-/m0/s1. The highest BCUT2D eigenvalue weighted by atomic mass is 16.5. The zero-order chi connectivity index (χ0) is 15.2. The molecule has 0 amide bonds. The van der Waals surface area contributed by atoms with E-state index >= 15 is 0 Å². The summed E-state index contributed by atoms with van der Waals surface area (Å²) in [4.78, 5) is 23.1. The number of benzene rings is 2. The zero-order valence-corrected chi connectivity index (χ0v) is 11.7. The van der Waals surface area contributed by atoms with E-state index < -0.39 is 11.9 Å². The lowest BCUT2D eigenvalue weighted by Gasteiger charge is -2.13. The number of carboxylic acids is 1. The summed E-state index contributed by atoms with van der Waals surface area (Å²) in [7, 11) is 0. The Morgan fingerprint density at radius 2 is 1.57 bits per heavy atom. The molecule has 0 saturated carbocycles. The first-order valence-corrected chi connectivity index (χ1v) is 6.64. The molecule has 2 aromatic carbocycles. The smallest absolute Gasteiger partial charge is 0.339 e. The molecular formula is C17H16O4. The van der Waals surface area contributed by atoms with Gasteiger partial charge in [0.25, 0.3) is 0 Å². The Balaban J connectivity index is 2.04. The van der Waals surface area contributed by atoms with Crippen molar-refractivity contribution in [2.75, 3.05) is 6.61 Å². The van der Waals surface area contributed by atoms with Crippen molar-refractivity contribution in [3.8, 4) is 0 Å². The van der Waals surface area contributed by atoms with Crippen LogP contribution in [0.1, 0.15) is 39.1 Å². The van der Waals surface area contributed by atoms with Crippen LogP contribution in [-0.2, 0) is 4.74 Å². The molecule has 0 aromatic heterocycles. The van der Waals surface area contributed by atoms with E-state index in [0.29, 0.717) is 0 Å². The Bertz CT molecular complexity index is 634. The highest BCUT2D eigenvalue weighted by Crippen LogP contribution is 2.16. The van der Waals surface area contributed by atoms with E-state index in [9.17, 15) is 9.59 Å². The highest BCUT2D eigenvalue weighted by molar-refractivity contribution is 6.02. The maximum Gasteiger partial charge on any atom is 0.339 e. The Labute approximate surface area is 123 Å². The minimum absolute atomic E-state index is 0.0464. The summed E-state index contributed by atoms with van der Waals surface area (Å²) in [5, 5.41) is 9.06. The largest absolute Gasteiger partial charge is 0.478 e. The number of hydrogen-bond acceptors (Lipinski definition) is 3.